The van der Waals surface area contributed by atoms with Crippen LogP contribution in [0.2, 0.25) is 0 Å². The Morgan fingerprint density at radius 2 is 1.63 bits per heavy atom. The normalized spacial score (nSPS) is 18.6. The molecule has 0 spiro atoms. The van der Waals surface area contributed by atoms with Crippen molar-refractivity contribution < 1.29 is 37.3 Å². The molecule has 0 fully saturated rings. The van der Waals surface area contributed by atoms with E-state index in [-0.39, 0.29) is 29.6 Å². The van der Waals surface area contributed by atoms with Gasteiger partial charge in [0, 0.05) is 53.9 Å². The molecule has 0 unspecified atom stereocenters. The lowest BCUT2D eigenvalue weighted by molar-refractivity contribution is -0.438. The summed E-state index contributed by atoms with van der Waals surface area (Å²) in [6.07, 6.45) is 16.8. The van der Waals surface area contributed by atoms with Crippen LogP contribution in [0.3, 0.4) is 0 Å². The third-order valence-corrected chi connectivity index (χ3v) is 13.4. The van der Waals surface area contributed by atoms with Gasteiger partial charge in [-0.2, -0.15) is 13.0 Å². The Labute approximate surface area is 357 Å². The third kappa shape index (κ3) is 9.88. The van der Waals surface area contributed by atoms with Gasteiger partial charge in [0.2, 0.25) is 5.69 Å². The van der Waals surface area contributed by atoms with E-state index in [9.17, 15) is 28.0 Å². The zero-order chi connectivity index (χ0) is 43.2. The van der Waals surface area contributed by atoms with Crippen molar-refractivity contribution in [3.05, 3.63) is 130 Å². The van der Waals surface area contributed by atoms with Gasteiger partial charge in [0.15, 0.2) is 5.71 Å². The van der Waals surface area contributed by atoms with Crippen LogP contribution in [0.4, 0.5) is 11.4 Å². The van der Waals surface area contributed by atoms with Crippen molar-refractivity contribution in [3.8, 4) is 5.75 Å². The zero-order valence-electron chi connectivity index (χ0n) is 36.3. The van der Waals surface area contributed by atoms with Crippen LogP contribution in [0.15, 0.2) is 102 Å². The summed E-state index contributed by atoms with van der Waals surface area (Å²) >= 11 is 0. The molecule has 0 bridgehead atoms. The quantitative estimate of drug-likeness (QED) is 0.0657. The number of aliphatic hydroxyl groups excluding tert-OH is 1. The molecular weight excluding hydrogens is 773 g/mol. The summed E-state index contributed by atoms with van der Waals surface area (Å²) in [7, 11) is -2.38. The first-order valence-corrected chi connectivity index (χ1v) is 23.1. The number of anilines is 1. The number of ether oxygens (including phenoxy) is 1. The molecule has 3 aliphatic rings. The van der Waals surface area contributed by atoms with Gasteiger partial charge in [-0.3, -0.25) is 9.35 Å². The summed E-state index contributed by atoms with van der Waals surface area (Å²) in [6.45, 7) is 12.7. The lowest BCUT2D eigenvalue weighted by Crippen LogP contribution is -2.28. The number of rotatable bonds is 18. The van der Waals surface area contributed by atoms with Crippen LogP contribution in [0.25, 0.3) is 5.57 Å². The maximum Gasteiger partial charge on any atom is 0.303 e. The van der Waals surface area contributed by atoms with E-state index in [0.29, 0.717) is 25.8 Å². The molecule has 0 amide bonds. The minimum absolute atomic E-state index is 0.00421. The molecule has 3 N–H and O–H groups in total. The number of hydrogen-bond acceptors (Lipinski definition) is 6. The minimum Gasteiger partial charge on any atom is -0.497 e. The minimum atomic E-state index is -4.05. The molecule has 0 atom stereocenters. The van der Waals surface area contributed by atoms with Gasteiger partial charge in [-0.05, 0) is 116 Å². The van der Waals surface area contributed by atoms with Gasteiger partial charge in [-0.25, -0.2) is 0 Å². The molecule has 3 aromatic rings. The van der Waals surface area contributed by atoms with E-state index in [1.54, 1.807) is 7.11 Å². The average molecular weight is 836 g/mol. The van der Waals surface area contributed by atoms with Crippen molar-refractivity contribution in [2.75, 3.05) is 30.9 Å². The summed E-state index contributed by atoms with van der Waals surface area (Å²) in [4.78, 5) is 13.9. The summed E-state index contributed by atoms with van der Waals surface area (Å²) < 4.78 is 40.4. The fourth-order valence-corrected chi connectivity index (χ4v) is 9.81. The van der Waals surface area contributed by atoms with Crippen LogP contribution in [-0.4, -0.2) is 65.4 Å². The predicted molar refractivity (Wildman–Crippen MR) is 242 cm³/mol. The topological polar surface area (TPSA) is 127 Å². The molecule has 2 heterocycles. The highest BCUT2D eigenvalue weighted by molar-refractivity contribution is 7.85. The molecule has 320 valence electrons. The standard InChI is InChI=1S/C50H62N2O7S/c1-7-8-9-29-51-43-24-17-36(34-53)32-41(43)49(2,3)45(51)26-21-37-13-12-14-38(48(37)39-19-15-35(16-20-39)18-28-47(54)55)22-27-46-50(4,5)42-33-40(59-6)23-25-44(42)52(46)30-10-11-31-60(56,57)58/h15-17,19-27,32-33,53H,7-14,18,28-31,34H2,1-6H3,(H-,54,55,56,57,58)/p+1. The molecule has 2 aliphatic heterocycles. The van der Waals surface area contributed by atoms with Gasteiger partial charge in [-0.1, -0.05) is 82.2 Å². The van der Waals surface area contributed by atoms with Crippen LogP contribution < -0.4 is 9.64 Å². The first-order chi connectivity index (χ1) is 28.6. The number of carboxylic acids is 1. The average Bonchev–Trinajstić information content (AvgIpc) is 3.56. The van der Waals surface area contributed by atoms with Crippen LogP contribution in [0, 0.1) is 0 Å². The smallest absolute Gasteiger partial charge is 0.303 e. The molecule has 1 aliphatic carbocycles. The van der Waals surface area contributed by atoms with Crippen LogP contribution in [0.5, 0.6) is 5.75 Å². The predicted octanol–water partition coefficient (Wildman–Crippen LogP) is 10.2. The molecule has 6 rings (SSSR count). The SMILES string of the molecule is CCCCCN1C(=CC=C2CCCC(C=CC3=[N+](CCCCS(=O)(=O)O)c4ccc(OC)cc4C3(C)C)=C2c2ccc(CCC(=O)O)cc2)C(C)(C)c2cc(CO)ccc21. The molecule has 10 heteroatoms. The van der Waals surface area contributed by atoms with E-state index < -0.39 is 16.1 Å². The highest BCUT2D eigenvalue weighted by Gasteiger charge is 2.45. The number of methoxy groups -OCH3 is 1. The first kappa shape index (κ1) is 44.8. The molecule has 0 saturated carbocycles. The van der Waals surface area contributed by atoms with E-state index in [2.05, 4.69) is 117 Å². The molecule has 0 radical (unpaired) electrons. The summed E-state index contributed by atoms with van der Waals surface area (Å²) in [5, 5.41) is 19.4. The second-order valence-corrected chi connectivity index (χ2v) is 19.0. The van der Waals surface area contributed by atoms with Gasteiger partial charge in [-0.15, -0.1) is 0 Å². The highest BCUT2D eigenvalue weighted by atomic mass is 32.2. The number of fused-ring (bicyclic) bond motifs is 2. The maximum atomic E-state index is 11.6. The second kappa shape index (κ2) is 18.9. The first-order valence-electron chi connectivity index (χ1n) is 21.5. The molecular formula is C50H63N2O7S+. The Morgan fingerprint density at radius 1 is 0.883 bits per heavy atom. The Hall–Kier alpha value is -4.77. The number of carboxylic acid groups (broad SMARTS) is 1. The van der Waals surface area contributed by atoms with E-state index >= 15 is 0 Å². The van der Waals surface area contributed by atoms with Gasteiger partial charge in [0.05, 0.1) is 24.9 Å². The van der Waals surface area contributed by atoms with Gasteiger partial charge < -0.3 is 19.8 Å². The number of aliphatic hydroxyl groups is 1. The number of aliphatic carboxylic acids is 1. The Morgan fingerprint density at radius 3 is 2.32 bits per heavy atom. The number of benzene rings is 3. The number of hydrogen-bond donors (Lipinski definition) is 3. The number of allylic oxidation sites excluding steroid dienone is 8. The second-order valence-electron chi connectivity index (χ2n) is 17.5. The Bertz CT molecular complexity index is 2350. The van der Waals surface area contributed by atoms with E-state index in [0.717, 1.165) is 84.5 Å². The van der Waals surface area contributed by atoms with Crippen molar-refractivity contribution in [1.29, 1.82) is 0 Å². The van der Waals surface area contributed by atoms with E-state index in [1.807, 2.05) is 12.1 Å². The summed E-state index contributed by atoms with van der Waals surface area (Å²) in [5.41, 5.74) is 12.9. The van der Waals surface area contributed by atoms with Crippen molar-refractivity contribution >= 4 is 38.7 Å². The van der Waals surface area contributed by atoms with Crippen LogP contribution in [0.1, 0.15) is 120 Å². The number of carbonyl (C=O) groups is 1. The molecule has 60 heavy (non-hydrogen) atoms. The Kier molecular flexibility index (Phi) is 14.1. The van der Waals surface area contributed by atoms with Crippen LogP contribution in [-0.2, 0) is 38.8 Å². The van der Waals surface area contributed by atoms with Crippen molar-refractivity contribution in [2.45, 2.75) is 116 Å². The van der Waals surface area contributed by atoms with Crippen molar-refractivity contribution in [2.24, 2.45) is 0 Å². The summed E-state index contributed by atoms with van der Waals surface area (Å²) in [5.74, 6) is -0.309. The lowest BCUT2D eigenvalue weighted by Gasteiger charge is -2.28. The zero-order valence-corrected chi connectivity index (χ0v) is 37.1. The molecule has 3 aromatic carbocycles. The monoisotopic (exact) mass is 835 g/mol. The number of nitrogens with zero attached hydrogens (tertiary/aromatic N) is 2. The number of unbranched alkanes of at least 4 members (excludes halogenated alkanes) is 3. The van der Waals surface area contributed by atoms with Crippen LogP contribution >= 0.6 is 0 Å². The van der Waals surface area contributed by atoms with Crippen molar-refractivity contribution in [3.63, 3.8) is 0 Å². The molecule has 0 saturated heterocycles. The fourth-order valence-electron chi connectivity index (χ4n) is 9.24. The summed E-state index contributed by atoms with van der Waals surface area (Å²) in [6, 6.07) is 20.8. The van der Waals surface area contributed by atoms with Gasteiger partial charge >= 0.3 is 5.97 Å². The molecule has 9 nitrogen and oxygen atoms in total. The maximum absolute atomic E-state index is 11.6. The van der Waals surface area contributed by atoms with Crippen molar-refractivity contribution in [1.82, 2.24) is 0 Å². The van der Waals surface area contributed by atoms with E-state index in [1.165, 1.54) is 33.7 Å². The van der Waals surface area contributed by atoms with Gasteiger partial charge in [0.1, 0.15) is 12.3 Å². The lowest BCUT2D eigenvalue weighted by atomic mass is 9.79. The van der Waals surface area contributed by atoms with Gasteiger partial charge in [0.25, 0.3) is 10.1 Å². The third-order valence-electron chi connectivity index (χ3n) is 12.5. The Balaban J connectivity index is 1.47. The largest absolute Gasteiger partial charge is 0.497 e. The highest BCUT2D eigenvalue weighted by Crippen LogP contribution is 2.49. The molecule has 0 aromatic heterocycles. The fraction of sp³-hybridized carbons (Fsp3) is 0.440. The number of aryl methyl sites for hydroxylation is 1. The van der Waals surface area contributed by atoms with E-state index in [4.69, 9.17) is 4.74 Å².